The molecule has 74 valence electrons. The lowest BCUT2D eigenvalue weighted by atomic mass is 9.91. The third kappa shape index (κ3) is 1.34. The van der Waals surface area contributed by atoms with Gasteiger partial charge in [-0.2, -0.15) is 9.37 Å². The first-order valence-corrected chi connectivity index (χ1v) is 4.35. The van der Waals surface area contributed by atoms with Crippen molar-refractivity contribution >= 4 is 11.2 Å². The van der Waals surface area contributed by atoms with Gasteiger partial charge >= 0.3 is 6.08 Å². The molecule has 0 amide bonds. The van der Waals surface area contributed by atoms with Crippen molar-refractivity contribution in [3.63, 3.8) is 0 Å². The summed E-state index contributed by atoms with van der Waals surface area (Å²) in [4.78, 5) is 14.2. The van der Waals surface area contributed by atoms with Crippen LogP contribution in [0.1, 0.15) is 26.5 Å². The quantitative estimate of drug-likeness (QED) is 0.650. The molecule has 14 heavy (non-hydrogen) atoms. The summed E-state index contributed by atoms with van der Waals surface area (Å²) < 4.78 is 13.0. The zero-order valence-corrected chi connectivity index (χ0v) is 8.30. The predicted molar refractivity (Wildman–Crippen MR) is 50.3 cm³/mol. The summed E-state index contributed by atoms with van der Waals surface area (Å²) in [5.74, 6) is 0. The van der Waals surface area contributed by atoms with Crippen LogP contribution in [0.3, 0.4) is 0 Å². The van der Waals surface area contributed by atoms with E-state index in [4.69, 9.17) is 0 Å². The summed E-state index contributed by atoms with van der Waals surface area (Å²) in [6.07, 6.45) is 0.778. The van der Waals surface area contributed by atoms with Crippen LogP contribution in [0.2, 0.25) is 0 Å². The van der Waals surface area contributed by atoms with Crippen molar-refractivity contribution in [3.8, 4) is 0 Å². The Bertz CT molecular complexity index is 469. The van der Waals surface area contributed by atoms with Gasteiger partial charge in [-0.1, -0.05) is 20.8 Å². The van der Waals surface area contributed by atoms with Crippen LogP contribution < -0.4 is 0 Å². The molecule has 0 radical (unpaired) electrons. The summed E-state index contributed by atoms with van der Waals surface area (Å²) >= 11 is 0. The minimum absolute atomic E-state index is 0.239. The highest BCUT2D eigenvalue weighted by molar-refractivity contribution is 5.73. The second-order valence-electron chi connectivity index (χ2n) is 4.19. The zero-order valence-electron chi connectivity index (χ0n) is 8.30. The van der Waals surface area contributed by atoms with Gasteiger partial charge < -0.3 is 4.98 Å². The second-order valence-corrected chi connectivity index (χ2v) is 4.19. The third-order valence-corrected chi connectivity index (χ3v) is 1.96. The van der Waals surface area contributed by atoms with E-state index >= 15 is 0 Å². The van der Waals surface area contributed by atoms with E-state index in [0.29, 0.717) is 16.9 Å². The molecule has 0 aliphatic rings. The number of rotatable bonds is 0. The highest BCUT2D eigenvalue weighted by atomic mass is 19.1. The molecule has 0 aliphatic carbocycles. The molecule has 0 fully saturated rings. The summed E-state index contributed by atoms with van der Waals surface area (Å²) in [6, 6.07) is 0. The minimum atomic E-state index is -0.716. The molecule has 1 N–H and O–H groups in total. The van der Waals surface area contributed by atoms with E-state index in [1.165, 1.54) is 6.33 Å². The van der Waals surface area contributed by atoms with E-state index < -0.39 is 6.08 Å². The molecule has 2 aromatic rings. The minimum Gasteiger partial charge on any atom is -0.329 e. The van der Waals surface area contributed by atoms with E-state index in [-0.39, 0.29) is 5.41 Å². The highest BCUT2D eigenvalue weighted by Gasteiger charge is 2.22. The molecule has 0 aliphatic heterocycles. The number of H-pyrrole nitrogens is 1. The summed E-state index contributed by atoms with van der Waals surface area (Å²) in [7, 11) is 0. The monoisotopic (exact) mass is 194 g/mol. The lowest BCUT2D eigenvalue weighted by molar-refractivity contribution is 0.504. The van der Waals surface area contributed by atoms with E-state index in [1.807, 2.05) is 20.8 Å². The molecule has 2 heterocycles. The van der Waals surface area contributed by atoms with Gasteiger partial charge in [0.05, 0.1) is 12.0 Å². The molecule has 5 heteroatoms. The molecule has 0 saturated carbocycles. The van der Waals surface area contributed by atoms with Crippen molar-refractivity contribution in [3.05, 3.63) is 18.1 Å². The maximum absolute atomic E-state index is 13.0. The van der Waals surface area contributed by atoms with Gasteiger partial charge in [0.15, 0.2) is 5.65 Å². The normalized spacial score (nSPS) is 12.3. The van der Waals surface area contributed by atoms with Crippen molar-refractivity contribution in [1.82, 2.24) is 19.9 Å². The summed E-state index contributed by atoms with van der Waals surface area (Å²) in [5, 5.41) is 0. The van der Waals surface area contributed by atoms with Crippen LogP contribution in [0.25, 0.3) is 11.2 Å². The topological polar surface area (TPSA) is 54.5 Å². The van der Waals surface area contributed by atoms with Gasteiger partial charge in [-0.15, -0.1) is 0 Å². The molecule has 0 unspecified atom stereocenters. The molecule has 2 aromatic heterocycles. The zero-order chi connectivity index (χ0) is 10.3. The van der Waals surface area contributed by atoms with Gasteiger partial charge in [-0.05, 0) is 0 Å². The average molecular weight is 194 g/mol. The number of imidazole rings is 1. The van der Waals surface area contributed by atoms with Gasteiger partial charge in [0.1, 0.15) is 5.52 Å². The Morgan fingerprint density at radius 2 is 2.00 bits per heavy atom. The molecule has 0 spiro atoms. The van der Waals surface area contributed by atoms with Gasteiger partial charge in [0, 0.05) is 5.41 Å². The van der Waals surface area contributed by atoms with E-state index in [2.05, 4.69) is 19.9 Å². The number of halogens is 1. The number of nitrogens with zero attached hydrogens (tertiary/aromatic N) is 3. The average Bonchev–Trinajstić information content (AvgIpc) is 2.47. The highest BCUT2D eigenvalue weighted by Crippen LogP contribution is 2.25. The predicted octanol–water partition coefficient (Wildman–Crippen LogP) is 1.79. The number of nitrogens with one attached hydrogen (secondary N) is 1. The number of aromatic nitrogens is 4. The number of hydrogen-bond donors (Lipinski definition) is 1. The van der Waals surface area contributed by atoms with Crippen LogP contribution in [0.4, 0.5) is 4.39 Å². The maximum atomic E-state index is 13.0. The van der Waals surface area contributed by atoms with Crippen molar-refractivity contribution in [2.75, 3.05) is 0 Å². The standard InChI is InChI=1S/C9H11FN4/c1-9(2,3)6-5-7(12-4-11-5)14-8(10)13-6/h4H,1-3H3,(H,11,12,13,14). The van der Waals surface area contributed by atoms with Gasteiger partial charge in [-0.25, -0.2) is 9.97 Å². The van der Waals surface area contributed by atoms with Crippen molar-refractivity contribution in [2.45, 2.75) is 26.2 Å². The first-order chi connectivity index (χ1) is 6.48. The SMILES string of the molecule is CC(C)(C)c1nc(F)nc2[nH]cnc12. The Hall–Kier alpha value is -1.52. The fraction of sp³-hybridized carbons (Fsp3) is 0.444. The fourth-order valence-corrected chi connectivity index (χ4v) is 1.33. The summed E-state index contributed by atoms with van der Waals surface area (Å²) in [5.41, 5.74) is 1.47. The Balaban J connectivity index is 2.80. The third-order valence-electron chi connectivity index (χ3n) is 1.96. The Kier molecular flexibility index (Phi) is 1.77. The van der Waals surface area contributed by atoms with E-state index in [0.717, 1.165) is 0 Å². The molecular formula is C9H11FN4. The Morgan fingerprint density at radius 1 is 1.29 bits per heavy atom. The summed E-state index contributed by atoms with van der Waals surface area (Å²) in [6.45, 7) is 5.88. The molecule has 2 rings (SSSR count). The van der Waals surface area contributed by atoms with Gasteiger partial charge in [-0.3, -0.25) is 0 Å². The number of hydrogen-bond acceptors (Lipinski definition) is 3. The Morgan fingerprint density at radius 3 is 2.64 bits per heavy atom. The second kappa shape index (κ2) is 2.73. The molecular weight excluding hydrogens is 183 g/mol. The van der Waals surface area contributed by atoms with Crippen LogP contribution in [0, 0.1) is 6.08 Å². The number of fused-ring (bicyclic) bond motifs is 1. The van der Waals surface area contributed by atoms with Crippen molar-refractivity contribution < 1.29 is 4.39 Å². The van der Waals surface area contributed by atoms with Crippen LogP contribution in [0.5, 0.6) is 0 Å². The maximum Gasteiger partial charge on any atom is 0.310 e. The van der Waals surface area contributed by atoms with Gasteiger partial charge in [0.25, 0.3) is 0 Å². The largest absolute Gasteiger partial charge is 0.329 e. The smallest absolute Gasteiger partial charge is 0.310 e. The molecule has 0 bridgehead atoms. The van der Waals surface area contributed by atoms with E-state index in [9.17, 15) is 4.39 Å². The van der Waals surface area contributed by atoms with E-state index in [1.54, 1.807) is 0 Å². The first-order valence-electron chi connectivity index (χ1n) is 4.35. The van der Waals surface area contributed by atoms with Crippen LogP contribution >= 0.6 is 0 Å². The van der Waals surface area contributed by atoms with Crippen LogP contribution in [-0.2, 0) is 5.41 Å². The van der Waals surface area contributed by atoms with Crippen LogP contribution in [0.15, 0.2) is 6.33 Å². The fourth-order valence-electron chi connectivity index (χ4n) is 1.33. The molecule has 0 atom stereocenters. The van der Waals surface area contributed by atoms with Gasteiger partial charge in [0.2, 0.25) is 0 Å². The molecule has 0 aromatic carbocycles. The molecule has 0 saturated heterocycles. The molecule has 4 nitrogen and oxygen atoms in total. The van der Waals surface area contributed by atoms with Crippen LogP contribution in [-0.4, -0.2) is 19.9 Å². The first kappa shape index (κ1) is 9.05. The number of aromatic amines is 1. The van der Waals surface area contributed by atoms with Crippen molar-refractivity contribution in [2.24, 2.45) is 0 Å². The van der Waals surface area contributed by atoms with Crippen molar-refractivity contribution in [1.29, 1.82) is 0 Å². The lowest BCUT2D eigenvalue weighted by Gasteiger charge is -2.17. The lowest BCUT2D eigenvalue weighted by Crippen LogP contribution is -2.16. The Labute approximate surface area is 80.6 Å².